The Kier molecular flexibility index (Phi) is 4.65. The number of carbonyl (C=O) groups excluding carboxylic acids is 1. The van der Waals surface area contributed by atoms with Crippen LogP contribution in [0.25, 0.3) is 0 Å². The van der Waals surface area contributed by atoms with Gasteiger partial charge in [0.05, 0.1) is 4.88 Å². The molecule has 0 aromatic carbocycles. The number of aliphatic hydroxyl groups excluding tert-OH is 1. The zero-order valence-corrected chi connectivity index (χ0v) is 13.6. The van der Waals surface area contributed by atoms with Crippen LogP contribution in [0.1, 0.15) is 59.1 Å². The highest BCUT2D eigenvalue weighted by Gasteiger charge is 2.30. The Morgan fingerprint density at radius 3 is 2.95 bits per heavy atom. The quantitative estimate of drug-likeness (QED) is 0.852. The number of aliphatic hydroxyl groups is 1. The number of aryl methyl sites for hydroxylation is 2. The SMILES string of the molecule is CC1CCC(CO)CN1C(=O)c1cc2c(s1)CCCCC2. The summed E-state index contributed by atoms with van der Waals surface area (Å²) < 4.78 is 0. The molecule has 1 aliphatic carbocycles. The number of thiophene rings is 1. The summed E-state index contributed by atoms with van der Waals surface area (Å²) in [5.74, 6) is 0.432. The van der Waals surface area contributed by atoms with E-state index in [1.807, 2.05) is 4.90 Å². The zero-order valence-electron chi connectivity index (χ0n) is 12.8. The van der Waals surface area contributed by atoms with Crippen LogP contribution >= 0.6 is 11.3 Å². The third-order valence-electron chi connectivity index (χ3n) is 4.96. The number of rotatable bonds is 2. The minimum Gasteiger partial charge on any atom is -0.396 e. The number of amides is 1. The molecule has 1 fully saturated rings. The van der Waals surface area contributed by atoms with Crippen LogP contribution in [-0.4, -0.2) is 35.1 Å². The predicted molar refractivity (Wildman–Crippen MR) is 85.9 cm³/mol. The highest BCUT2D eigenvalue weighted by Crippen LogP contribution is 2.31. The molecule has 1 aliphatic heterocycles. The van der Waals surface area contributed by atoms with E-state index in [-0.39, 0.29) is 18.4 Å². The standard InChI is InChI=1S/C17H25NO2S/c1-12-7-8-13(11-19)10-18(12)17(20)16-9-14-5-3-2-4-6-15(14)21-16/h9,12-13,19H,2-8,10-11H2,1H3. The van der Waals surface area contributed by atoms with Crippen LogP contribution in [-0.2, 0) is 12.8 Å². The van der Waals surface area contributed by atoms with E-state index < -0.39 is 0 Å². The number of piperidine rings is 1. The fraction of sp³-hybridized carbons (Fsp3) is 0.706. The normalized spacial score (nSPS) is 26.3. The summed E-state index contributed by atoms with van der Waals surface area (Å²) in [5, 5.41) is 9.38. The fourth-order valence-corrected chi connectivity index (χ4v) is 4.74. The zero-order chi connectivity index (χ0) is 14.8. The Hall–Kier alpha value is -0.870. The first-order chi connectivity index (χ1) is 10.2. The van der Waals surface area contributed by atoms with Crippen LogP contribution in [0.2, 0.25) is 0 Å². The number of hydrogen-bond donors (Lipinski definition) is 1. The van der Waals surface area contributed by atoms with Gasteiger partial charge in [0, 0.05) is 24.1 Å². The van der Waals surface area contributed by atoms with E-state index in [0.717, 1.165) is 30.6 Å². The van der Waals surface area contributed by atoms with Gasteiger partial charge in [-0.05, 0) is 63.0 Å². The molecule has 116 valence electrons. The minimum atomic E-state index is 0.179. The molecule has 0 radical (unpaired) electrons. The van der Waals surface area contributed by atoms with Crippen molar-refractivity contribution >= 4 is 17.2 Å². The topological polar surface area (TPSA) is 40.5 Å². The Labute approximate surface area is 131 Å². The molecule has 1 aromatic rings. The summed E-state index contributed by atoms with van der Waals surface area (Å²) in [5.41, 5.74) is 1.41. The van der Waals surface area contributed by atoms with Gasteiger partial charge in [-0.2, -0.15) is 0 Å². The smallest absolute Gasteiger partial charge is 0.264 e. The average molecular weight is 307 g/mol. The number of fused-ring (bicyclic) bond motifs is 1. The van der Waals surface area contributed by atoms with Gasteiger partial charge in [0.1, 0.15) is 0 Å². The maximum absolute atomic E-state index is 12.8. The molecule has 1 saturated heterocycles. The van der Waals surface area contributed by atoms with Crippen molar-refractivity contribution in [3.63, 3.8) is 0 Å². The molecule has 0 spiro atoms. The summed E-state index contributed by atoms with van der Waals surface area (Å²) in [6.45, 7) is 3.03. The van der Waals surface area contributed by atoms with E-state index in [4.69, 9.17) is 0 Å². The molecule has 2 heterocycles. The van der Waals surface area contributed by atoms with Gasteiger partial charge in [-0.1, -0.05) is 6.42 Å². The lowest BCUT2D eigenvalue weighted by Crippen LogP contribution is -2.46. The number of hydrogen-bond acceptors (Lipinski definition) is 3. The lowest BCUT2D eigenvalue weighted by atomic mass is 9.94. The van der Waals surface area contributed by atoms with Gasteiger partial charge >= 0.3 is 0 Å². The second-order valence-corrected chi connectivity index (χ2v) is 7.69. The molecular weight excluding hydrogens is 282 g/mol. The Morgan fingerprint density at radius 2 is 2.14 bits per heavy atom. The molecule has 0 bridgehead atoms. The highest BCUT2D eigenvalue weighted by molar-refractivity contribution is 7.14. The van der Waals surface area contributed by atoms with E-state index in [9.17, 15) is 9.90 Å². The largest absolute Gasteiger partial charge is 0.396 e. The molecule has 4 heteroatoms. The van der Waals surface area contributed by atoms with Crippen molar-refractivity contribution < 1.29 is 9.90 Å². The van der Waals surface area contributed by atoms with Gasteiger partial charge in [0.2, 0.25) is 0 Å². The summed E-state index contributed by atoms with van der Waals surface area (Å²) in [7, 11) is 0. The van der Waals surface area contributed by atoms with E-state index in [1.54, 1.807) is 11.3 Å². The van der Waals surface area contributed by atoms with Crippen LogP contribution in [0.15, 0.2) is 6.07 Å². The first kappa shape index (κ1) is 15.0. The first-order valence-corrected chi connectivity index (χ1v) is 9.04. The first-order valence-electron chi connectivity index (χ1n) is 8.22. The Balaban J connectivity index is 1.78. The van der Waals surface area contributed by atoms with Crippen molar-refractivity contribution in [1.82, 2.24) is 4.90 Å². The number of carbonyl (C=O) groups is 1. The minimum absolute atomic E-state index is 0.179. The maximum Gasteiger partial charge on any atom is 0.264 e. The number of nitrogens with zero attached hydrogens (tertiary/aromatic N) is 1. The van der Waals surface area contributed by atoms with Gasteiger partial charge in [0.25, 0.3) is 5.91 Å². The molecule has 3 nitrogen and oxygen atoms in total. The van der Waals surface area contributed by atoms with Gasteiger partial charge in [-0.3, -0.25) is 4.79 Å². The van der Waals surface area contributed by atoms with E-state index >= 15 is 0 Å². The second-order valence-electron chi connectivity index (χ2n) is 6.55. The van der Waals surface area contributed by atoms with E-state index in [0.29, 0.717) is 12.6 Å². The molecule has 2 unspecified atom stereocenters. The van der Waals surface area contributed by atoms with Crippen molar-refractivity contribution in [2.45, 2.75) is 57.9 Å². The molecule has 0 saturated carbocycles. The van der Waals surface area contributed by atoms with Crippen LogP contribution < -0.4 is 0 Å². The van der Waals surface area contributed by atoms with Crippen molar-refractivity contribution in [2.24, 2.45) is 5.92 Å². The summed E-state index contributed by atoms with van der Waals surface area (Å²) >= 11 is 1.71. The van der Waals surface area contributed by atoms with Gasteiger partial charge in [0.15, 0.2) is 0 Å². The monoisotopic (exact) mass is 307 g/mol. The predicted octanol–water partition coefficient (Wildman–Crippen LogP) is 3.25. The lowest BCUT2D eigenvalue weighted by Gasteiger charge is -2.37. The van der Waals surface area contributed by atoms with Crippen molar-refractivity contribution in [3.05, 3.63) is 21.4 Å². The van der Waals surface area contributed by atoms with Gasteiger partial charge in [-0.15, -0.1) is 11.3 Å². The average Bonchev–Trinajstić information content (AvgIpc) is 2.78. The lowest BCUT2D eigenvalue weighted by molar-refractivity contribution is 0.0493. The molecule has 1 aromatic heterocycles. The van der Waals surface area contributed by atoms with Crippen LogP contribution in [0.5, 0.6) is 0 Å². The van der Waals surface area contributed by atoms with Crippen LogP contribution in [0.4, 0.5) is 0 Å². The molecule has 1 amide bonds. The van der Waals surface area contributed by atoms with Crippen molar-refractivity contribution in [2.75, 3.05) is 13.2 Å². The molecule has 21 heavy (non-hydrogen) atoms. The second kappa shape index (κ2) is 6.49. The van der Waals surface area contributed by atoms with E-state index in [2.05, 4.69) is 13.0 Å². The molecule has 1 N–H and O–H groups in total. The summed E-state index contributed by atoms with van der Waals surface area (Å²) in [6, 6.07) is 2.44. The molecule has 3 rings (SSSR count). The van der Waals surface area contributed by atoms with Crippen molar-refractivity contribution in [3.8, 4) is 0 Å². The van der Waals surface area contributed by atoms with Crippen molar-refractivity contribution in [1.29, 1.82) is 0 Å². The number of likely N-dealkylation sites (tertiary alicyclic amines) is 1. The maximum atomic E-state index is 12.8. The Bertz CT molecular complexity index is 487. The molecular formula is C17H25NO2S. The summed E-state index contributed by atoms with van der Waals surface area (Å²) in [6.07, 6.45) is 8.13. The van der Waals surface area contributed by atoms with Gasteiger partial charge < -0.3 is 10.0 Å². The molecule has 2 aliphatic rings. The van der Waals surface area contributed by atoms with E-state index in [1.165, 1.54) is 29.7 Å². The molecule has 2 atom stereocenters. The Morgan fingerprint density at radius 1 is 1.33 bits per heavy atom. The highest BCUT2D eigenvalue weighted by atomic mass is 32.1. The summed E-state index contributed by atoms with van der Waals surface area (Å²) in [4.78, 5) is 17.2. The van der Waals surface area contributed by atoms with Gasteiger partial charge in [-0.25, -0.2) is 0 Å². The third-order valence-corrected chi connectivity index (χ3v) is 6.18. The van der Waals surface area contributed by atoms with Crippen LogP contribution in [0, 0.1) is 5.92 Å². The third kappa shape index (κ3) is 3.16. The van der Waals surface area contributed by atoms with Crippen LogP contribution in [0.3, 0.4) is 0 Å². The fourth-order valence-electron chi connectivity index (χ4n) is 3.53.